The Bertz CT molecular complexity index is 1010. The predicted molar refractivity (Wildman–Crippen MR) is 129 cm³/mol. The van der Waals surface area contributed by atoms with Crippen LogP contribution in [0, 0.1) is 19.8 Å². The molecular formula is C28H33N3O. The van der Waals surface area contributed by atoms with Crippen LogP contribution in [0.4, 0.5) is 0 Å². The van der Waals surface area contributed by atoms with Crippen molar-refractivity contribution in [1.82, 2.24) is 14.8 Å². The summed E-state index contributed by atoms with van der Waals surface area (Å²) < 4.78 is 0. The van der Waals surface area contributed by atoms with Gasteiger partial charge in [0, 0.05) is 37.6 Å². The second-order valence-electron chi connectivity index (χ2n) is 9.06. The maximum absolute atomic E-state index is 13.4. The van der Waals surface area contributed by atoms with Gasteiger partial charge in [-0.15, -0.1) is 0 Å². The number of piperidine rings is 1. The fourth-order valence-electron chi connectivity index (χ4n) is 4.48. The molecule has 0 aliphatic carbocycles. The zero-order chi connectivity index (χ0) is 22.3. The minimum Gasteiger partial charge on any atom is -0.334 e. The second-order valence-corrected chi connectivity index (χ2v) is 9.06. The number of aryl methyl sites for hydroxylation is 2. The van der Waals surface area contributed by atoms with Crippen LogP contribution in [0.15, 0.2) is 73.1 Å². The van der Waals surface area contributed by atoms with E-state index in [-0.39, 0.29) is 5.91 Å². The minimum atomic E-state index is 0.108. The molecule has 4 heteroatoms. The van der Waals surface area contributed by atoms with Crippen molar-refractivity contribution < 1.29 is 4.79 Å². The highest BCUT2D eigenvalue weighted by molar-refractivity contribution is 5.94. The number of aromatic nitrogens is 1. The monoisotopic (exact) mass is 427 g/mol. The summed E-state index contributed by atoms with van der Waals surface area (Å²) >= 11 is 0. The van der Waals surface area contributed by atoms with E-state index >= 15 is 0 Å². The van der Waals surface area contributed by atoms with Gasteiger partial charge < -0.3 is 4.90 Å². The maximum atomic E-state index is 13.4. The van der Waals surface area contributed by atoms with Gasteiger partial charge in [0.2, 0.25) is 0 Å². The highest BCUT2D eigenvalue weighted by Gasteiger charge is 2.25. The molecule has 4 nitrogen and oxygen atoms in total. The van der Waals surface area contributed by atoms with E-state index in [2.05, 4.69) is 41.1 Å². The molecule has 0 spiro atoms. The van der Waals surface area contributed by atoms with Crippen LogP contribution >= 0.6 is 0 Å². The Hall–Kier alpha value is -2.98. The van der Waals surface area contributed by atoms with Crippen LogP contribution in [0.3, 0.4) is 0 Å². The summed E-state index contributed by atoms with van der Waals surface area (Å²) in [6.45, 7) is 8.81. The zero-order valence-electron chi connectivity index (χ0n) is 19.2. The summed E-state index contributed by atoms with van der Waals surface area (Å²) in [5.41, 5.74) is 5.78. The molecule has 0 bridgehead atoms. The van der Waals surface area contributed by atoms with Gasteiger partial charge in [0.05, 0.1) is 0 Å². The van der Waals surface area contributed by atoms with Crippen LogP contribution < -0.4 is 0 Å². The zero-order valence-corrected chi connectivity index (χ0v) is 19.2. The van der Waals surface area contributed by atoms with Crippen molar-refractivity contribution in [2.45, 2.75) is 39.8 Å². The summed E-state index contributed by atoms with van der Waals surface area (Å²) in [5, 5.41) is 0. The molecular weight excluding hydrogens is 394 g/mol. The molecule has 3 aromatic rings. The van der Waals surface area contributed by atoms with Gasteiger partial charge in [-0.2, -0.15) is 0 Å². The Morgan fingerprint density at radius 3 is 2.44 bits per heavy atom. The van der Waals surface area contributed by atoms with E-state index in [1.165, 1.54) is 16.7 Å². The van der Waals surface area contributed by atoms with E-state index in [1.54, 1.807) is 6.20 Å². The molecule has 0 N–H and O–H groups in total. The summed E-state index contributed by atoms with van der Waals surface area (Å²) in [5.74, 6) is 0.630. The van der Waals surface area contributed by atoms with Gasteiger partial charge in [0.25, 0.3) is 5.91 Å². The highest BCUT2D eigenvalue weighted by Crippen LogP contribution is 2.23. The third-order valence-electron chi connectivity index (χ3n) is 6.52. The van der Waals surface area contributed by atoms with Crippen LogP contribution in [0.5, 0.6) is 0 Å². The summed E-state index contributed by atoms with van der Waals surface area (Å²) in [6, 6.07) is 20.6. The van der Waals surface area contributed by atoms with E-state index in [1.807, 2.05) is 54.4 Å². The average Bonchev–Trinajstić information content (AvgIpc) is 2.82. The van der Waals surface area contributed by atoms with Crippen LogP contribution in [0.1, 0.15) is 45.5 Å². The van der Waals surface area contributed by atoms with E-state index in [9.17, 15) is 4.79 Å². The SMILES string of the molecule is Cc1ccc(C(=O)N(Cc2cccnc2)CC2CCN(Cc3ccccc3C)CC2)cc1. The van der Waals surface area contributed by atoms with E-state index in [0.29, 0.717) is 12.5 Å². The smallest absolute Gasteiger partial charge is 0.254 e. The molecule has 2 aromatic carbocycles. The fraction of sp³-hybridized carbons (Fsp3) is 0.357. The Balaban J connectivity index is 1.40. The number of amides is 1. The summed E-state index contributed by atoms with van der Waals surface area (Å²) in [6.07, 6.45) is 5.88. The first-order valence-electron chi connectivity index (χ1n) is 11.6. The Labute approximate surface area is 191 Å². The van der Waals surface area contributed by atoms with Crippen LogP contribution in [0.2, 0.25) is 0 Å². The molecule has 1 aromatic heterocycles. The Kier molecular flexibility index (Phi) is 7.33. The van der Waals surface area contributed by atoms with Gasteiger partial charge in [-0.3, -0.25) is 14.7 Å². The van der Waals surface area contributed by atoms with Crippen molar-refractivity contribution in [3.63, 3.8) is 0 Å². The standard InChI is InChI=1S/C28H33N3O/c1-22-9-11-26(12-10-22)28(32)31(20-25-7-5-15-29-18-25)19-24-13-16-30(17-14-24)21-27-8-4-3-6-23(27)2/h3-12,15,18,24H,13-14,16-17,19-21H2,1-2H3. The third kappa shape index (κ3) is 5.83. The lowest BCUT2D eigenvalue weighted by molar-refractivity contribution is 0.0671. The Morgan fingerprint density at radius 2 is 1.75 bits per heavy atom. The summed E-state index contributed by atoms with van der Waals surface area (Å²) in [7, 11) is 0. The predicted octanol–water partition coefficient (Wildman–Crippen LogP) is 5.25. The lowest BCUT2D eigenvalue weighted by atomic mass is 9.95. The summed E-state index contributed by atoms with van der Waals surface area (Å²) in [4.78, 5) is 22.2. The topological polar surface area (TPSA) is 36.4 Å². The first-order chi connectivity index (χ1) is 15.6. The largest absolute Gasteiger partial charge is 0.334 e. The number of carbonyl (C=O) groups excluding carboxylic acids is 1. The van der Waals surface area contributed by atoms with E-state index < -0.39 is 0 Å². The second kappa shape index (κ2) is 10.6. The first kappa shape index (κ1) is 22.2. The van der Waals surface area contributed by atoms with Gasteiger partial charge in [-0.1, -0.05) is 48.0 Å². The maximum Gasteiger partial charge on any atom is 0.254 e. The molecule has 1 aliphatic rings. The number of benzene rings is 2. The van der Waals surface area contributed by atoms with Gasteiger partial charge in [0.15, 0.2) is 0 Å². The van der Waals surface area contributed by atoms with Crippen molar-refractivity contribution >= 4 is 5.91 Å². The minimum absolute atomic E-state index is 0.108. The molecule has 2 heterocycles. The molecule has 0 atom stereocenters. The molecule has 0 saturated carbocycles. The van der Waals surface area contributed by atoms with Gasteiger partial charge in [0.1, 0.15) is 0 Å². The van der Waals surface area contributed by atoms with Crippen molar-refractivity contribution in [2.24, 2.45) is 5.92 Å². The number of hydrogen-bond donors (Lipinski definition) is 0. The fourth-order valence-corrected chi connectivity index (χ4v) is 4.48. The third-order valence-corrected chi connectivity index (χ3v) is 6.52. The molecule has 166 valence electrons. The number of carbonyl (C=O) groups is 1. The lowest BCUT2D eigenvalue weighted by Gasteiger charge is -2.35. The number of likely N-dealkylation sites (tertiary alicyclic amines) is 1. The van der Waals surface area contributed by atoms with Gasteiger partial charge in [-0.05, 0) is 80.6 Å². The number of hydrogen-bond acceptors (Lipinski definition) is 3. The van der Waals surface area contributed by atoms with Gasteiger partial charge >= 0.3 is 0 Å². The highest BCUT2D eigenvalue weighted by atomic mass is 16.2. The number of pyridine rings is 1. The van der Waals surface area contributed by atoms with Crippen LogP contribution in [-0.2, 0) is 13.1 Å². The van der Waals surface area contributed by atoms with Crippen molar-refractivity contribution in [3.05, 3.63) is 101 Å². The van der Waals surface area contributed by atoms with Crippen molar-refractivity contribution in [2.75, 3.05) is 19.6 Å². The molecule has 1 fully saturated rings. The molecule has 1 aliphatic heterocycles. The van der Waals surface area contributed by atoms with Crippen LogP contribution in [-0.4, -0.2) is 40.3 Å². The average molecular weight is 428 g/mol. The van der Waals surface area contributed by atoms with Crippen molar-refractivity contribution in [1.29, 1.82) is 0 Å². The molecule has 1 saturated heterocycles. The molecule has 0 radical (unpaired) electrons. The molecule has 1 amide bonds. The molecule has 0 unspecified atom stereocenters. The normalized spacial score (nSPS) is 14.9. The van der Waals surface area contributed by atoms with Gasteiger partial charge in [-0.25, -0.2) is 0 Å². The quantitative estimate of drug-likeness (QED) is 0.516. The molecule has 32 heavy (non-hydrogen) atoms. The lowest BCUT2D eigenvalue weighted by Crippen LogP contribution is -2.40. The first-order valence-corrected chi connectivity index (χ1v) is 11.6. The van der Waals surface area contributed by atoms with E-state index in [0.717, 1.165) is 50.1 Å². The van der Waals surface area contributed by atoms with E-state index in [4.69, 9.17) is 0 Å². The van der Waals surface area contributed by atoms with Crippen molar-refractivity contribution in [3.8, 4) is 0 Å². The molecule has 4 rings (SSSR count). The van der Waals surface area contributed by atoms with Crippen LogP contribution in [0.25, 0.3) is 0 Å². The number of rotatable bonds is 7. The number of nitrogens with zero attached hydrogens (tertiary/aromatic N) is 3. The Morgan fingerprint density at radius 1 is 1.00 bits per heavy atom.